The second-order valence-electron chi connectivity index (χ2n) is 4.13. The Balaban J connectivity index is 1.96. The van der Waals surface area contributed by atoms with Crippen molar-refractivity contribution in [3.8, 4) is 0 Å². The topological polar surface area (TPSA) is 29.1 Å². The minimum Gasteiger partial charge on any atom is -0.352 e. The summed E-state index contributed by atoms with van der Waals surface area (Å²) in [6, 6.07) is 4.09. The molecule has 1 amide bonds. The van der Waals surface area contributed by atoms with E-state index >= 15 is 0 Å². The van der Waals surface area contributed by atoms with Gasteiger partial charge in [-0.05, 0) is 52.9 Å². The van der Waals surface area contributed by atoms with E-state index in [2.05, 4.69) is 21.2 Å². The minimum atomic E-state index is -0.345. The van der Waals surface area contributed by atoms with Crippen molar-refractivity contribution in [1.29, 1.82) is 0 Å². The number of carbonyl (C=O) groups is 1. The van der Waals surface area contributed by atoms with Gasteiger partial charge in [0.15, 0.2) is 0 Å². The van der Waals surface area contributed by atoms with Gasteiger partial charge in [0.25, 0.3) is 5.91 Å². The van der Waals surface area contributed by atoms with Gasteiger partial charge in [-0.1, -0.05) is 6.42 Å². The van der Waals surface area contributed by atoms with Crippen LogP contribution in [0.2, 0.25) is 0 Å². The Morgan fingerprint density at radius 1 is 1.50 bits per heavy atom. The molecule has 86 valence electrons. The Morgan fingerprint density at radius 3 is 2.81 bits per heavy atom. The van der Waals surface area contributed by atoms with Crippen LogP contribution >= 0.6 is 15.9 Å². The van der Waals surface area contributed by atoms with Gasteiger partial charge in [-0.25, -0.2) is 4.39 Å². The Labute approximate surface area is 102 Å². The molecular weight excluding hydrogens is 273 g/mol. The Bertz CT molecular complexity index is 404. The van der Waals surface area contributed by atoms with Crippen LogP contribution in [0, 0.1) is 11.7 Å². The van der Waals surface area contributed by atoms with Crippen LogP contribution in [0.25, 0.3) is 0 Å². The van der Waals surface area contributed by atoms with Crippen LogP contribution in [-0.2, 0) is 0 Å². The molecule has 4 heteroatoms. The maximum absolute atomic E-state index is 12.8. The highest BCUT2D eigenvalue weighted by molar-refractivity contribution is 9.10. The van der Waals surface area contributed by atoms with Gasteiger partial charge in [0.2, 0.25) is 0 Å². The van der Waals surface area contributed by atoms with Crippen molar-refractivity contribution in [2.75, 3.05) is 6.54 Å². The second kappa shape index (κ2) is 4.95. The fourth-order valence-electron chi connectivity index (χ4n) is 1.70. The van der Waals surface area contributed by atoms with Gasteiger partial charge in [-0.15, -0.1) is 0 Å². The van der Waals surface area contributed by atoms with Crippen LogP contribution < -0.4 is 5.32 Å². The molecule has 0 atom stereocenters. The van der Waals surface area contributed by atoms with E-state index in [0.717, 1.165) is 6.54 Å². The van der Waals surface area contributed by atoms with Crippen molar-refractivity contribution < 1.29 is 9.18 Å². The molecule has 1 N–H and O–H groups in total. The first-order chi connectivity index (χ1) is 7.66. The Hall–Kier alpha value is -0.900. The normalized spacial score (nSPS) is 15.6. The maximum Gasteiger partial charge on any atom is 0.252 e. The summed E-state index contributed by atoms with van der Waals surface area (Å²) in [6.45, 7) is 0.725. The summed E-state index contributed by atoms with van der Waals surface area (Å²) in [4.78, 5) is 11.8. The minimum absolute atomic E-state index is 0.140. The molecule has 0 bridgehead atoms. The first kappa shape index (κ1) is 11.6. The van der Waals surface area contributed by atoms with E-state index in [0.29, 0.717) is 16.0 Å². The molecule has 1 aliphatic rings. The van der Waals surface area contributed by atoms with Crippen molar-refractivity contribution >= 4 is 21.8 Å². The number of amides is 1. The van der Waals surface area contributed by atoms with Crippen LogP contribution in [0.15, 0.2) is 22.7 Å². The van der Waals surface area contributed by atoms with E-state index in [4.69, 9.17) is 0 Å². The quantitative estimate of drug-likeness (QED) is 0.908. The molecule has 2 rings (SSSR count). The van der Waals surface area contributed by atoms with E-state index in [9.17, 15) is 9.18 Å². The van der Waals surface area contributed by atoms with E-state index in [1.165, 1.54) is 37.5 Å². The lowest BCUT2D eigenvalue weighted by Gasteiger charge is -2.25. The third-order valence-electron chi connectivity index (χ3n) is 2.95. The Kier molecular flexibility index (Phi) is 3.59. The van der Waals surface area contributed by atoms with Gasteiger partial charge in [0, 0.05) is 11.0 Å². The van der Waals surface area contributed by atoms with Gasteiger partial charge in [-0.2, -0.15) is 0 Å². The maximum atomic E-state index is 12.8. The highest BCUT2D eigenvalue weighted by Crippen LogP contribution is 2.25. The third kappa shape index (κ3) is 2.61. The zero-order valence-corrected chi connectivity index (χ0v) is 10.4. The number of rotatable bonds is 3. The Morgan fingerprint density at radius 2 is 2.25 bits per heavy atom. The monoisotopic (exact) mass is 285 g/mol. The molecule has 1 saturated carbocycles. The van der Waals surface area contributed by atoms with Gasteiger partial charge < -0.3 is 5.32 Å². The van der Waals surface area contributed by atoms with Gasteiger partial charge in [0.1, 0.15) is 5.82 Å². The van der Waals surface area contributed by atoms with Crippen molar-refractivity contribution in [1.82, 2.24) is 5.32 Å². The number of hydrogen-bond acceptors (Lipinski definition) is 1. The molecule has 0 aliphatic heterocycles. The summed E-state index contributed by atoms with van der Waals surface area (Å²) in [5.74, 6) is 0.143. The lowest BCUT2D eigenvalue weighted by molar-refractivity contribution is 0.0938. The molecule has 0 unspecified atom stereocenters. The number of hydrogen-bond donors (Lipinski definition) is 1. The number of benzene rings is 1. The molecule has 1 fully saturated rings. The molecular formula is C12H13BrFNO. The summed E-state index contributed by atoms with van der Waals surface area (Å²) >= 11 is 3.18. The average molecular weight is 286 g/mol. The van der Waals surface area contributed by atoms with Crippen molar-refractivity contribution in [3.05, 3.63) is 34.1 Å². The molecule has 1 aromatic carbocycles. The molecule has 0 radical (unpaired) electrons. The summed E-state index contributed by atoms with van der Waals surface area (Å²) in [6.07, 6.45) is 3.66. The lowest BCUT2D eigenvalue weighted by Crippen LogP contribution is -2.32. The second-order valence-corrected chi connectivity index (χ2v) is 4.99. The van der Waals surface area contributed by atoms with Crippen LogP contribution in [0.1, 0.15) is 29.6 Å². The van der Waals surface area contributed by atoms with Crippen LogP contribution in [0.5, 0.6) is 0 Å². The summed E-state index contributed by atoms with van der Waals surface area (Å²) < 4.78 is 13.3. The number of carbonyl (C=O) groups excluding carboxylic acids is 1. The first-order valence-electron chi connectivity index (χ1n) is 5.40. The average Bonchev–Trinajstić information content (AvgIpc) is 2.14. The first-order valence-corrected chi connectivity index (χ1v) is 6.19. The summed E-state index contributed by atoms with van der Waals surface area (Å²) in [5, 5.41) is 2.87. The SMILES string of the molecule is O=C(NCC1CCC1)c1ccc(F)cc1Br. The van der Waals surface area contributed by atoms with Crippen LogP contribution in [0.4, 0.5) is 4.39 Å². The highest BCUT2D eigenvalue weighted by atomic mass is 79.9. The highest BCUT2D eigenvalue weighted by Gasteiger charge is 2.18. The standard InChI is InChI=1S/C12H13BrFNO/c13-11-6-9(14)4-5-10(11)12(16)15-7-8-2-1-3-8/h4-6,8H,1-3,7H2,(H,15,16). The zero-order chi connectivity index (χ0) is 11.5. The zero-order valence-electron chi connectivity index (χ0n) is 8.80. The largest absolute Gasteiger partial charge is 0.352 e. The van der Waals surface area contributed by atoms with Crippen LogP contribution in [0.3, 0.4) is 0 Å². The van der Waals surface area contributed by atoms with Gasteiger partial charge >= 0.3 is 0 Å². The molecule has 1 aromatic rings. The number of nitrogens with one attached hydrogen (secondary N) is 1. The van der Waals surface area contributed by atoms with E-state index < -0.39 is 0 Å². The van der Waals surface area contributed by atoms with Crippen LogP contribution in [-0.4, -0.2) is 12.5 Å². The third-order valence-corrected chi connectivity index (χ3v) is 3.61. The molecule has 2 nitrogen and oxygen atoms in total. The van der Waals surface area contributed by atoms with Crippen molar-refractivity contribution in [3.63, 3.8) is 0 Å². The molecule has 0 saturated heterocycles. The molecule has 1 aliphatic carbocycles. The van der Waals surface area contributed by atoms with Crippen molar-refractivity contribution in [2.45, 2.75) is 19.3 Å². The number of halogens is 2. The van der Waals surface area contributed by atoms with Crippen molar-refractivity contribution in [2.24, 2.45) is 5.92 Å². The van der Waals surface area contributed by atoms with E-state index in [1.807, 2.05) is 0 Å². The van der Waals surface area contributed by atoms with Gasteiger partial charge in [-0.3, -0.25) is 4.79 Å². The predicted octanol–water partition coefficient (Wildman–Crippen LogP) is 3.12. The van der Waals surface area contributed by atoms with E-state index in [-0.39, 0.29) is 11.7 Å². The van der Waals surface area contributed by atoms with E-state index in [1.54, 1.807) is 0 Å². The molecule has 16 heavy (non-hydrogen) atoms. The molecule has 0 aromatic heterocycles. The summed E-state index contributed by atoms with van der Waals surface area (Å²) in [7, 11) is 0. The fraction of sp³-hybridized carbons (Fsp3) is 0.417. The summed E-state index contributed by atoms with van der Waals surface area (Å²) in [5.41, 5.74) is 0.487. The molecule has 0 spiro atoms. The molecule has 0 heterocycles. The van der Waals surface area contributed by atoms with Gasteiger partial charge in [0.05, 0.1) is 5.56 Å². The smallest absolute Gasteiger partial charge is 0.252 e. The predicted molar refractivity (Wildman–Crippen MR) is 63.8 cm³/mol. The lowest BCUT2D eigenvalue weighted by atomic mass is 9.85. The fourth-order valence-corrected chi connectivity index (χ4v) is 2.23.